The molecule has 13 aromatic carbocycles. The highest BCUT2D eigenvalue weighted by molar-refractivity contribution is 6.40. The van der Waals surface area contributed by atoms with E-state index in [-0.39, 0.29) is 21.7 Å². The molecular weight excluding hydrogens is 1060 g/mol. The van der Waals surface area contributed by atoms with Gasteiger partial charge in [0.1, 0.15) is 0 Å². The van der Waals surface area contributed by atoms with Gasteiger partial charge >= 0.3 is 0 Å². The first-order chi connectivity index (χ1) is 43.2. The van der Waals surface area contributed by atoms with Gasteiger partial charge in [-0.15, -0.1) is 0 Å². The van der Waals surface area contributed by atoms with Crippen LogP contribution in [0.1, 0.15) is 151 Å². The molecule has 88 heavy (non-hydrogen) atoms. The van der Waals surface area contributed by atoms with Crippen LogP contribution in [0.15, 0.2) is 218 Å². The van der Waals surface area contributed by atoms with E-state index in [0.29, 0.717) is 0 Å². The van der Waals surface area contributed by atoms with Gasteiger partial charge in [0, 0.05) is 21.7 Å². The number of rotatable bonds is 12. The lowest BCUT2D eigenvalue weighted by atomic mass is 9.71. The van der Waals surface area contributed by atoms with Crippen molar-refractivity contribution in [3.63, 3.8) is 0 Å². The molecule has 0 spiro atoms. The normalized spacial score (nSPS) is 15.5. The Kier molecular flexibility index (Phi) is 11.7. The number of fused-ring (bicyclic) bond motifs is 14. The minimum Gasteiger partial charge on any atom is -0.0642 e. The van der Waals surface area contributed by atoms with Crippen molar-refractivity contribution in [2.45, 2.75) is 128 Å². The Bertz CT molecular complexity index is 5070. The molecule has 0 bridgehead atoms. The molecule has 17 rings (SSSR count). The summed E-state index contributed by atoms with van der Waals surface area (Å²) in [7, 11) is 0. The summed E-state index contributed by atoms with van der Waals surface area (Å²) in [5.74, 6) is 0. The Morgan fingerprint density at radius 2 is 0.511 bits per heavy atom. The molecule has 0 unspecified atom stereocenters. The molecule has 0 nitrogen and oxygen atoms in total. The van der Waals surface area contributed by atoms with Gasteiger partial charge < -0.3 is 0 Å². The van der Waals surface area contributed by atoms with E-state index < -0.39 is 0 Å². The van der Waals surface area contributed by atoms with E-state index in [1.54, 1.807) is 0 Å². The van der Waals surface area contributed by atoms with E-state index in [1.807, 2.05) is 0 Å². The Morgan fingerprint density at radius 3 is 0.909 bits per heavy atom. The first kappa shape index (κ1) is 53.4. The molecule has 0 heteroatoms. The lowest BCUT2D eigenvalue weighted by molar-refractivity contribution is 0.490. The molecule has 4 aliphatic rings. The highest BCUT2D eigenvalue weighted by atomic mass is 14.5. The Labute approximate surface area is 520 Å². The van der Waals surface area contributed by atoms with Gasteiger partial charge in [-0.05, 0) is 252 Å². The molecule has 13 aromatic rings. The third kappa shape index (κ3) is 6.61. The van der Waals surface area contributed by atoms with E-state index in [0.717, 1.165) is 51.4 Å². The van der Waals surface area contributed by atoms with E-state index in [9.17, 15) is 0 Å². The maximum Gasteiger partial charge on any atom is 0.0210 e. The fourth-order valence-electron chi connectivity index (χ4n) is 19.5. The van der Waals surface area contributed by atoms with Crippen molar-refractivity contribution in [1.82, 2.24) is 0 Å². The topological polar surface area (TPSA) is 0 Å². The van der Waals surface area contributed by atoms with Crippen LogP contribution < -0.4 is 0 Å². The van der Waals surface area contributed by atoms with Gasteiger partial charge in [0.25, 0.3) is 0 Å². The summed E-state index contributed by atoms with van der Waals surface area (Å²) >= 11 is 0. The molecular formula is C88H76. The lowest BCUT2D eigenvalue weighted by Crippen LogP contribution is -2.23. The second kappa shape index (κ2) is 19.3. The summed E-state index contributed by atoms with van der Waals surface area (Å²) in [6, 6.07) is 87.4. The van der Waals surface area contributed by atoms with Crippen LogP contribution in [0.3, 0.4) is 0 Å². The maximum absolute atomic E-state index is 2.70. The third-order valence-electron chi connectivity index (χ3n) is 24.0. The highest BCUT2D eigenvalue weighted by Crippen LogP contribution is 2.62. The molecule has 0 aromatic heterocycles. The average molecular weight is 1130 g/mol. The smallest absolute Gasteiger partial charge is 0.0210 e. The minimum atomic E-state index is -0.133. The van der Waals surface area contributed by atoms with Crippen molar-refractivity contribution in [3.8, 4) is 89.0 Å². The van der Waals surface area contributed by atoms with Gasteiger partial charge in [-0.1, -0.05) is 250 Å². The predicted molar refractivity (Wildman–Crippen MR) is 377 cm³/mol. The van der Waals surface area contributed by atoms with E-state index in [1.165, 1.54) is 177 Å². The van der Waals surface area contributed by atoms with Gasteiger partial charge in [-0.3, -0.25) is 0 Å². The monoisotopic (exact) mass is 1130 g/mol. The molecule has 0 saturated heterocycles. The van der Waals surface area contributed by atoms with Crippen LogP contribution >= 0.6 is 0 Å². The van der Waals surface area contributed by atoms with Gasteiger partial charge in [0.05, 0.1) is 0 Å². The van der Waals surface area contributed by atoms with Crippen LogP contribution in [0.25, 0.3) is 132 Å². The summed E-state index contributed by atoms with van der Waals surface area (Å²) in [6.07, 6.45) is 8.22. The molecule has 0 fully saturated rings. The van der Waals surface area contributed by atoms with E-state index in [4.69, 9.17) is 0 Å². The second-order valence-corrected chi connectivity index (χ2v) is 26.5. The average Bonchev–Trinajstić information content (AvgIpc) is 3.26. The summed E-state index contributed by atoms with van der Waals surface area (Å²) in [5.41, 5.74) is 32.7. The molecule has 0 radical (unpaired) electrons. The number of hydrogen-bond acceptors (Lipinski definition) is 0. The third-order valence-corrected chi connectivity index (χ3v) is 24.0. The van der Waals surface area contributed by atoms with Crippen molar-refractivity contribution >= 4 is 43.1 Å². The first-order valence-corrected chi connectivity index (χ1v) is 33.4. The van der Waals surface area contributed by atoms with Crippen LogP contribution in [0.5, 0.6) is 0 Å². The number of benzene rings is 13. The van der Waals surface area contributed by atoms with Crippen molar-refractivity contribution in [2.75, 3.05) is 0 Å². The van der Waals surface area contributed by atoms with Crippen molar-refractivity contribution in [3.05, 3.63) is 263 Å². The van der Waals surface area contributed by atoms with E-state index >= 15 is 0 Å². The summed E-state index contributed by atoms with van der Waals surface area (Å²) in [5, 5.41) is 10.6. The first-order valence-electron chi connectivity index (χ1n) is 33.4. The van der Waals surface area contributed by atoms with Crippen molar-refractivity contribution < 1.29 is 0 Å². The minimum absolute atomic E-state index is 0.0882. The number of hydrogen-bond donors (Lipinski definition) is 0. The van der Waals surface area contributed by atoms with Gasteiger partial charge in [-0.2, -0.15) is 0 Å². The Morgan fingerprint density at radius 1 is 0.205 bits per heavy atom. The summed E-state index contributed by atoms with van der Waals surface area (Å²) < 4.78 is 0. The molecule has 428 valence electrons. The maximum atomic E-state index is 2.70. The SMILES string of the molecule is CCC1(CC)c2ccccc2-c2ccc(-c3c(-c4ccc5c(c4)C(CC)(CC)c4ccccc4-5)c4c(-c5ccc6c(c5)C(CC)(CC)c5ccccc5-6)ccc5c6cccc7cccc(c(c3-c3ccc8c(c3)C(CC)(CC)c3ccccc3-8)c45)c76)cc21. The Hall–Kier alpha value is -8.84. The molecule has 0 saturated carbocycles. The standard InChI is InChI=1S/C88H76/c1-9-85(10-2)70-35-21-17-29-59(70)63-43-39-54(49-74(63)85)58-47-48-68-67-33-25-27-53-28-26-34-69(78(53)67)84-81(57-42-46-66-62-32-20-24-38-73(62)88(15-7,16-8)77(66)52-57)79(55-40-44-64-60-30-18-22-36-71(60)86(11-3,12-4)75(64)50-55)80(82(58)83(68)84)56-41-45-65-61-31-19-23-37-72(61)87(13-5,14-6)76(65)51-56/h17-52H,9-16H2,1-8H3. The fraction of sp³-hybridized carbons (Fsp3) is 0.227. The largest absolute Gasteiger partial charge is 0.0642 e. The molecule has 0 amide bonds. The highest BCUT2D eigenvalue weighted by Gasteiger charge is 2.45. The van der Waals surface area contributed by atoms with Crippen LogP contribution in [-0.4, -0.2) is 0 Å². The summed E-state index contributed by atoms with van der Waals surface area (Å²) in [4.78, 5) is 0. The summed E-state index contributed by atoms with van der Waals surface area (Å²) in [6.45, 7) is 19.4. The molecule has 0 atom stereocenters. The fourth-order valence-corrected chi connectivity index (χ4v) is 19.5. The lowest BCUT2D eigenvalue weighted by Gasteiger charge is -2.32. The van der Waals surface area contributed by atoms with Crippen molar-refractivity contribution in [2.24, 2.45) is 0 Å². The zero-order chi connectivity index (χ0) is 59.6. The van der Waals surface area contributed by atoms with Crippen molar-refractivity contribution in [1.29, 1.82) is 0 Å². The predicted octanol–water partition coefficient (Wildman–Crippen LogP) is 24.8. The molecule has 4 aliphatic carbocycles. The zero-order valence-electron chi connectivity index (χ0n) is 52.4. The van der Waals surface area contributed by atoms with Gasteiger partial charge in [0.15, 0.2) is 0 Å². The zero-order valence-corrected chi connectivity index (χ0v) is 52.4. The van der Waals surface area contributed by atoms with Crippen LogP contribution in [0, 0.1) is 0 Å². The molecule has 0 heterocycles. The van der Waals surface area contributed by atoms with Crippen LogP contribution in [-0.2, 0) is 21.7 Å². The van der Waals surface area contributed by atoms with Crippen LogP contribution in [0.4, 0.5) is 0 Å². The Balaban J connectivity index is 1.11. The van der Waals surface area contributed by atoms with Gasteiger partial charge in [0.2, 0.25) is 0 Å². The second-order valence-electron chi connectivity index (χ2n) is 26.5. The van der Waals surface area contributed by atoms with Crippen LogP contribution in [0.2, 0.25) is 0 Å². The van der Waals surface area contributed by atoms with E-state index in [2.05, 4.69) is 274 Å². The quantitative estimate of drug-likeness (QED) is 0.0845. The van der Waals surface area contributed by atoms with Gasteiger partial charge in [-0.25, -0.2) is 0 Å². The molecule has 0 aliphatic heterocycles. The molecule has 0 N–H and O–H groups in total.